The van der Waals surface area contributed by atoms with Crippen LogP contribution in [0.2, 0.25) is 0 Å². The quantitative estimate of drug-likeness (QED) is 0.584. The van der Waals surface area contributed by atoms with Crippen molar-refractivity contribution in [2.75, 3.05) is 0 Å². The summed E-state index contributed by atoms with van der Waals surface area (Å²) in [5.41, 5.74) is 1.69. The van der Waals surface area contributed by atoms with Crippen LogP contribution in [-0.4, -0.2) is 13.0 Å². The highest BCUT2D eigenvalue weighted by atomic mass is 16.3. The number of rotatable bonds is 1. The van der Waals surface area contributed by atoms with Crippen LogP contribution >= 0.6 is 0 Å². The van der Waals surface area contributed by atoms with Crippen molar-refractivity contribution in [2.45, 2.75) is 18.8 Å². The summed E-state index contributed by atoms with van der Waals surface area (Å²) in [4.78, 5) is 0. The predicted octanol–water partition coefficient (Wildman–Crippen LogP) is 1.06. The van der Waals surface area contributed by atoms with E-state index < -0.39 is 0 Å². The van der Waals surface area contributed by atoms with Crippen LogP contribution in [0.5, 0.6) is 5.75 Å². The van der Waals surface area contributed by atoms with Crippen LogP contribution in [-0.2, 0) is 0 Å². The Hall–Kier alpha value is -0.915. The lowest BCUT2D eigenvalue weighted by molar-refractivity contribution is 0.479. The highest BCUT2D eigenvalue weighted by Gasteiger charge is 2.23. The molecule has 0 saturated heterocycles. The van der Waals surface area contributed by atoms with Crippen molar-refractivity contribution in [3.05, 3.63) is 23.8 Å². The fourth-order valence-electron chi connectivity index (χ4n) is 1.23. The van der Waals surface area contributed by atoms with E-state index in [1.807, 2.05) is 6.07 Å². The lowest BCUT2D eigenvalue weighted by Crippen LogP contribution is -2.01. The molecule has 0 amide bonds. The molecule has 1 aliphatic rings. The van der Waals surface area contributed by atoms with Gasteiger partial charge in [-0.1, -0.05) is 17.6 Å². The standard InChI is InChI=1S/C9H9BO/c10-8-4-3-7(5-9(8)11)6-1-2-6/h3-6,11H,1-2H2. The van der Waals surface area contributed by atoms with E-state index in [-0.39, 0.29) is 5.75 Å². The molecule has 11 heavy (non-hydrogen) atoms. The molecule has 1 aliphatic carbocycles. The molecule has 0 heterocycles. The monoisotopic (exact) mass is 144 g/mol. The SMILES string of the molecule is [B]c1ccc(C2CC2)cc1O. The summed E-state index contributed by atoms with van der Waals surface area (Å²) in [7, 11) is 5.46. The van der Waals surface area contributed by atoms with Gasteiger partial charge in [0.25, 0.3) is 0 Å². The van der Waals surface area contributed by atoms with Gasteiger partial charge >= 0.3 is 0 Å². The summed E-state index contributed by atoms with van der Waals surface area (Å²) in [5.74, 6) is 0.899. The molecule has 54 valence electrons. The Kier molecular flexibility index (Phi) is 1.41. The van der Waals surface area contributed by atoms with Crippen molar-refractivity contribution in [1.82, 2.24) is 0 Å². The van der Waals surface area contributed by atoms with Crippen molar-refractivity contribution < 1.29 is 5.11 Å². The van der Waals surface area contributed by atoms with Gasteiger partial charge in [0.05, 0.1) is 0 Å². The first kappa shape index (κ1) is 6.77. The Morgan fingerprint density at radius 3 is 2.64 bits per heavy atom. The average molecular weight is 144 g/mol. The molecular weight excluding hydrogens is 135 g/mol. The highest BCUT2D eigenvalue weighted by molar-refractivity contribution is 6.34. The maximum absolute atomic E-state index is 9.25. The molecule has 0 atom stereocenters. The third kappa shape index (κ3) is 1.25. The van der Waals surface area contributed by atoms with Gasteiger partial charge in [0.1, 0.15) is 13.6 Å². The second kappa shape index (κ2) is 2.30. The molecular formula is C9H9BO. The molecule has 2 heteroatoms. The number of hydrogen-bond acceptors (Lipinski definition) is 1. The topological polar surface area (TPSA) is 20.2 Å². The molecule has 2 rings (SSSR count). The van der Waals surface area contributed by atoms with Gasteiger partial charge in [-0.15, -0.1) is 0 Å². The summed E-state index contributed by atoms with van der Waals surface area (Å²) in [6, 6.07) is 5.53. The number of benzene rings is 1. The van der Waals surface area contributed by atoms with Gasteiger partial charge in [-0.3, -0.25) is 0 Å². The first-order valence-electron chi connectivity index (χ1n) is 3.86. The van der Waals surface area contributed by atoms with E-state index in [1.165, 1.54) is 18.4 Å². The lowest BCUT2D eigenvalue weighted by atomic mass is 9.93. The smallest absolute Gasteiger partial charge is 0.118 e. The Bertz CT molecular complexity index is 279. The zero-order chi connectivity index (χ0) is 7.84. The molecule has 1 nitrogen and oxygen atoms in total. The summed E-state index contributed by atoms with van der Waals surface area (Å²) < 4.78 is 0. The summed E-state index contributed by atoms with van der Waals surface area (Å²) in [5, 5.41) is 9.25. The minimum Gasteiger partial charge on any atom is -0.509 e. The first-order chi connectivity index (χ1) is 5.27. The van der Waals surface area contributed by atoms with E-state index in [0.29, 0.717) is 11.4 Å². The average Bonchev–Trinajstić information content (AvgIpc) is 2.77. The second-order valence-electron chi connectivity index (χ2n) is 3.09. The van der Waals surface area contributed by atoms with Crippen molar-refractivity contribution >= 4 is 13.3 Å². The first-order valence-corrected chi connectivity index (χ1v) is 3.86. The Labute approximate surface area is 67.5 Å². The Morgan fingerprint density at radius 1 is 1.36 bits per heavy atom. The molecule has 1 N–H and O–H groups in total. The van der Waals surface area contributed by atoms with E-state index in [4.69, 9.17) is 7.85 Å². The minimum absolute atomic E-state index is 0.217. The van der Waals surface area contributed by atoms with Crippen molar-refractivity contribution in [3.8, 4) is 5.75 Å². The van der Waals surface area contributed by atoms with E-state index >= 15 is 0 Å². The van der Waals surface area contributed by atoms with Gasteiger partial charge in [0.15, 0.2) is 0 Å². The van der Waals surface area contributed by atoms with Crippen LogP contribution in [0.3, 0.4) is 0 Å². The number of phenolic OH excluding ortho intramolecular Hbond substituents is 1. The molecule has 0 bridgehead atoms. The van der Waals surface area contributed by atoms with Crippen LogP contribution in [0.1, 0.15) is 24.3 Å². The second-order valence-corrected chi connectivity index (χ2v) is 3.09. The summed E-state index contributed by atoms with van der Waals surface area (Å²) in [6.07, 6.45) is 2.51. The van der Waals surface area contributed by atoms with Gasteiger partial charge < -0.3 is 5.11 Å². The van der Waals surface area contributed by atoms with Gasteiger partial charge in [-0.05, 0) is 30.4 Å². The van der Waals surface area contributed by atoms with Crippen LogP contribution in [0, 0.1) is 0 Å². The van der Waals surface area contributed by atoms with Crippen molar-refractivity contribution in [3.63, 3.8) is 0 Å². The number of phenols is 1. The minimum atomic E-state index is 0.217. The third-order valence-electron chi connectivity index (χ3n) is 2.10. The van der Waals surface area contributed by atoms with Crippen LogP contribution in [0.25, 0.3) is 0 Å². The molecule has 0 aromatic heterocycles. The molecule has 1 fully saturated rings. The molecule has 0 spiro atoms. The van der Waals surface area contributed by atoms with E-state index in [9.17, 15) is 5.11 Å². The highest BCUT2D eigenvalue weighted by Crippen LogP contribution is 2.40. The summed E-state index contributed by atoms with van der Waals surface area (Å²) in [6.45, 7) is 0. The van der Waals surface area contributed by atoms with Gasteiger partial charge in [0.2, 0.25) is 0 Å². The summed E-state index contributed by atoms with van der Waals surface area (Å²) >= 11 is 0. The third-order valence-corrected chi connectivity index (χ3v) is 2.10. The van der Waals surface area contributed by atoms with Crippen molar-refractivity contribution in [1.29, 1.82) is 0 Å². The Balaban J connectivity index is 2.36. The molecule has 1 saturated carbocycles. The maximum atomic E-state index is 9.25. The van der Waals surface area contributed by atoms with Gasteiger partial charge in [-0.2, -0.15) is 0 Å². The maximum Gasteiger partial charge on any atom is 0.118 e. The lowest BCUT2D eigenvalue weighted by Gasteiger charge is -2.01. The fraction of sp³-hybridized carbons (Fsp3) is 0.333. The zero-order valence-electron chi connectivity index (χ0n) is 6.25. The Morgan fingerprint density at radius 2 is 2.09 bits per heavy atom. The van der Waals surface area contributed by atoms with Gasteiger partial charge in [-0.25, -0.2) is 0 Å². The largest absolute Gasteiger partial charge is 0.509 e. The zero-order valence-corrected chi connectivity index (χ0v) is 6.25. The number of hydrogen-bond donors (Lipinski definition) is 1. The van der Waals surface area contributed by atoms with E-state index in [1.54, 1.807) is 12.1 Å². The van der Waals surface area contributed by atoms with Crippen LogP contribution < -0.4 is 5.46 Å². The van der Waals surface area contributed by atoms with E-state index in [0.717, 1.165) is 0 Å². The fourth-order valence-corrected chi connectivity index (χ4v) is 1.23. The molecule has 2 radical (unpaired) electrons. The van der Waals surface area contributed by atoms with Crippen LogP contribution in [0.4, 0.5) is 0 Å². The molecule has 0 aliphatic heterocycles. The van der Waals surface area contributed by atoms with Crippen LogP contribution in [0.15, 0.2) is 18.2 Å². The molecule has 1 aromatic rings. The van der Waals surface area contributed by atoms with Gasteiger partial charge in [0, 0.05) is 0 Å². The molecule has 1 aromatic carbocycles. The van der Waals surface area contributed by atoms with E-state index in [2.05, 4.69) is 0 Å². The normalized spacial score (nSPS) is 16.7. The predicted molar refractivity (Wildman–Crippen MR) is 45.5 cm³/mol. The number of aromatic hydroxyl groups is 1. The molecule has 0 unspecified atom stereocenters. The van der Waals surface area contributed by atoms with Crippen molar-refractivity contribution in [2.24, 2.45) is 0 Å².